The molecule has 2 aromatic heterocycles. The number of hydrogen-bond donors (Lipinski definition) is 2. The summed E-state index contributed by atoms with van der Waals surface area (Å²) in [5.41, 5.74) is 0.943. The van der Waals surface area contributed by atoms with E-state index in [2.05, 4.69) is 20.2 Å². The molecule has 14 heteroatoms. The molecule has 1 fully saturated rings. The summed E-state index contributed by atoms with van der Waals surface area (Å²) in [6.07, 6.45) is 1.40. The highest BCUT2D eigenvalue weighted by Crippen LogP contribution is 2.38. The summed E-state index contributed by atoms with van der Waals surface area (Å²) in [5.74, 6) is -0.987. The quantitative estimate of drug-likeness (QED) is 0.520. The lowest BCUT2D eigenvalue weighted by molar-refractivity contribution is 0.0745. The van der Waals surface area contributed by atoms with Crippen molar-refractivity contribution in [3.05, 3.63) is 53.3 Å². The van der Waals surface area contributed by atoms with E-state index in [-0.39, 0.29) is 34.8 Å². The lowest BCUT2D eigenvalue weighted by Crippen LogP contribution is -2.42. The number of rotatable bonds is 3. The van der Waals surface area contributed by atoms with Crippen LogP contribution in [0.2, 0.25) is 0 Å². The van der Waals surface area contributed by atoms with Gasteiger partial charge in [0.2, 0.25) is 15.9 Å². The number of amides is 2. The summed E-state index contributed by atoms with van der Waals surface area (Å²) >= 11 is 1.26. The molecule has 1 aromatic carbocycles. The molecule has 1 saturated heterocycles. The van der Waals surface area contributed by atoms with Crippen LogP contribution in [0.4, 0.5) is 10.1 Å². The van der Waals surface area contributed by atoms with Crippen LogP contribution in [0, 0.1) is 25.6 Å². The molecule has 2 N–H and O–H groups in total. The number of benzene rings is 1. The summed E-state index contributed by atoms with van der Waals surface area (Å²) in [6.45, 7) is 3.61. The zero-order valence-corrected chi connectivity index (χ0v) is 21.2. The molecule has 2 aliphatic rings. The smallest absolute Gasteiger partial charge is 0.311 e. The van der Waals surface area contributed by atoms with Crippen LogP contribution in [0.3, 0.4) is 0 Å². The Hall–Kier alpha value is -3.23. The lowest BCUT2D eigenvalue weighted by Gasteiger charge is -2.22. The van der Waals surface area contributed by atoms with E-state index in [9.17, 15) is 22.4 Å². The molecule has 4 heterocycles. The number of carbonyl (C=O) groups excluding carboxylic acids is 2. The first-order valence-corrected chi connectivity index (χ1v) is 13.5. The predicted molar refractivity (Wildman–Crippen MR) is 128 cm³/mol. The normalized spacial score (nSPS) is 20.8. The van der Waals surface area contributed by atoms with Crippen molar-refractivity contribution in [3.8, 4) is 0 Å². The summed E-state index contributed by atoms with van der Waals surface area (Å²) in [6, 6.07) is 3.69. The number of thioether (sulfide) groups is 1. The van der Waals surface area contributed by atoms with Gasteiger partial charge in [0.05, 0.1) is 4.90 Å². The van der Waals surface area contributed by atoms with Gasteiger partial charge in [0.25, 0.3) is 5.91 Å². The van der Waals surface area contributed by atoms with E-state index < -0.39 is 33.7 Å². The maximum Gasteiger partial charge on any atom is 0.311 e. The number of halogens is 1. The van der Waals surface area contributed by atoms with Crippen molar-refractivity contribution < 1.29 is 26.8 Å². The molecule has 0 aliphatic carbocycles. The third-order valence-electron chi connectivity index (χ3n) is 6.21. The average molecular weight is 535 g/mol. The number of aromatic nitrogens is 3. The Bertz CT molecular complexity index is 1480. The standard InChI is InChI=1S/C22H23FN6O5S2/c1-11-6-14(4-5-15(11)23)24-20(30)18-19-17(9-28(18)3)36(32,33)27-16-8-29(7-13(16)10-35-19)22(31)21-26-25-12(2)34-21/h4-6,9,13,16,27H,7-8,10H2,1-3H3,(H,24,30)/t13-,16-/m0/s1. The number of nitrogens with one attached hydrogen (secondary N) is 2. The second-order valence-corrected chi connectivity index (χ2v) is 11.5. The van der Waals surface area contributed by atoms with Crippen molar-refractivity contribution in [3.63, 3.8) is 0 Å². The highest BCUT2D eigenvalue weighted by atomic mass is 32.2. The van der Waals surface area contributed by atoms with E-state index >= 15 is 0 Å². The Kier molecular flexibility index (Phi) is 6.12. The van der Waals surface area contributed by atoms with Crippen LogP contribution in [0.25, 0.3) is 0 Å². The second kappa shape index (κ2) is 9.01. The fourth-order valence-electron chi connectivity index (χ4n) is 4.39. The second-order valence-electron chi connectivity index (χ2n) is 8.84. The summed E-state index contributed by atoms with van der Waals surface area (Å²) in [7, 11) is -2.40. The maximum absolute atomic E-state index is 13.6. The van der Waals surface area contributed by atoms with Gasteiger partial charge in [0.15, 0.2) is 0 Å². The van der Waals surface area contributed by atoms with Crippen molar-refractivity contribution in [1.29, 1.82) is 0 Å². The molecular formula is C22H23FN6O5S2. The van der Waals surface area contributed by atoms with Gasteiger partial charge in [-0.05, 0) is 30.7 Å². The van der Waals surface area contributed by atoms with E-state index in [1.165, 1.54) is 45.6 Å². The number of anilines is 1. The highest BCUT2D eigenvalue weighted by molar-refractivity contribution is 8.00. The van der Waals surface area contributed by atoms with Crippen LogP contribution >= 0.6 is 11.8 Å². The van der Waals surface area contributed by atoms with Gasteiger partial charge < -0.3 is 19.2 Å². The molecule has 0 spiro atoms. The number of fused-ring (bicyclic) bond motifs is 2. The number of nitrogens with zero attached hydrogens (tertiary/aromatic N) is 4. The van der Waals surface area contributed by atoms with Gasteiger partial charge in [-0.25, -0.2) is 17.5 Å². The van der Waals surface area contributed by atoms with Crippen LogP contribution < -0.4 is 10.0 Å². The Balaban J connectivity index is 1.41. The van der Waals surface area contributed by atoms with E-state index in [4.69, 9.17) is 4.42 Å². The van der Waals surface area contributed by atoms with E-state index in [0.29, 0.717) is 28.4 Å². The summed E-state index contributed by atoms with van der Waals surface area (Å²) in [5, 5.41) is 10.2. The first kappa shape index (κ1) is 24.5. The third kappa shape index (κ3) is 4.40. The molecule has 36 heavy (non-hydrogen) atoms. The molecule has 2 aliphatic heterocycles. The van der Waals surface area contributed by atoms with Crippen LogP contribution in [-0.4, -0.2) is 64.8 Å². The largest absolute Gasteiger partial charge is 0.417 e. The SMILES string of the molecule is Cc1nnc(C(=O)N2C[C@H]3CSc4c(cn(C)c4C(=O)Nc4ccc(F)c(C)c4)S(=O)(=O)N[C@H]3C2)o1. The minimum atomic E-state index is -4.00. The third-order valence-corrected chi connectivity index (χ3v) is 9.14. The molecule has 0 saturated carbocycles. The molecule has 2 atom stereocenters. The van der Waals surface area contributed by atoms with Crippen LogP contribution in [-0.2, 0) is 17.1 Å². The van der Waals surface area contributed by atoms with Crippen molar-refractivity contribution in [2.24, 2.45) is 13.0 Å². The number of hydrogen-bond acceptors (Lipinski definition) is 8. The Labute approximate surface area is 210 Å². The van der Waals surface area contributed by atoms with Crippen LogP contribution in [0.5, 0.6) is 0 Å². The zero-order valence-electron chi connectivity index (χ0n) is 19.6. The van der Waals surface area contributed by atoms with Gasteiger partial charge in [0, 0.05) is 56.7 Å². The Morgan fingerprint density at radius 1 is 1.25 bits per heavy atom. The van der Waals surface area contributed by atoms with Gasteiger partial charge in [-0.15, -0.1) is 22.0 Å². The van der Waals surface area contributed by atoms with E-state index in [0.717, 1.165) is 0 Å². The molecule has 0 radical (unpaired) electrons. The topological polar surface area (TPSA) is 139 Å². The minimum Gasteiger partial charge on any atom is -0.417 e. The van der Waals surface area contributed by atoms with Crippen molar-refractivity contribution in [2.45, 2.75) is 29.7 Å². The first-order chi connectivity index (χ1) is 17.0. The Morgan fingerprint density at radius 3 is 2.72 bits per heavy atom. The lowest BCUT2D eigenvalue weighted by atomic mass is 10.1. The van der Waals surface area contributed by atoms with E-state index in [1.54, 1.807) is 20.9 Å². The van der Waals surface area contributed by atoms with Gasteiger partial charge in [-0.1, -0.05) is 0 Å². The van der Waals surface area contributed by atoms with Crippen LogP contribution in [0.1, 0.15) is 32.6 Å². The predicted octanol–water partition coefficient (Wildman–Crippen LogP) is 1.94. The van der Waals surface area contributed by atoms with E-state index in [1.807, 2.05) is 0 Å². The minimum absolute atomic E-state index is 0.00816. The molecule has 190 valence electrons. The Morgan fingerprint density at radius 2 is 2.03 bits per heavy atom. The summed E-state index contributed by atoms with van der Waals surface area (Å²) < 4.78 is 49.7. The fourth-order valence-corrected chi connectivity index (χ4v) is 7.62. The number of sulfonamides is 1. The molecule has 11 nitrogen and oxygen atoms in total. The number of likely N-dealkylation sites (tertiary alicyclic amines) is 1. The van der Waals surface area contributed by atoms with Crippen molar-refractivity contribution in [1.82, 2.24) is 24.4 Å². The molecule has 5 rings (SSSR count). The molecule has 2 amide bonds. The highest BCUT2D eigenvalue weighted by Gasteiger charge is 2.42. The van der Waals surface area contributed by atoms with Gasteiger partial charge >= 0.3 is 11.8 Å². The molecule has 0 unspecified atom stereocenters. The summed E-state index contributed by atoms with van der Waals surface area (Å²) in [4.78, 5) is 27.7. The monoisotopic (exact) mass is 534 g/mol. The number of carbonyl (C=O) groups is 2. The van der Waals surface area contributed by atoms with Gasteiger partial charge in [-0.2, -0.15) is 0 Å². The number of aryl methyl sites for hydroxylation is 3. The molecule has 0 bridgehead atoms. The van der Waals surface area contributed by atoms with Gasteiger partial charge in [0.1, 0.15) is 16.4 Å². The van der Waals surface area contributed by atoms with Crippen molar-refractivity contribution in [2.75, 3.05) is 24.2 Å². The maximum atomic E-state index is 13.6. The average Bonchev–Trinajstić information content (AvgIpc) is 3.50. The molecular weight excluding hydrogens is 511 g/mol. The van der Waals surface area contributed by atoms with Gasteiger partial charge in [-0.3, -0.25) is 9.59 Å². The first-order valence-electron chi connectivity index (χ1n) is 11.0. The van der Waals surface area contributed by atoms with Crippen LogP contribution in [0.15, 0.2) is 38.6 Å². The fraction of sp³-hybridized carbons (Fsp3) is 0.364. The molecule has 3 aromatic rings. The zero-order chi connectivity index (χ0) is 25.8. The van der Waals surface area contributed by atoms with Crippen molar-refractivity contribution >= 4 is 39.3 Å².